The molecular formula is C8H10Br2Cl2O2. The minimum Gasteiger partial charge on any atom is -0.481 e. The summed E-state index contributed by atoms with van der Waals surface area (Å²) in [6, 6.07) is 0. The van der Waals surface area contributed by atoms with Crippen LogP contribution in [0, 0.1) is 17.3 Å². The smallest absolute Gasteiger partial charge is 0.307 e. The molecule has 2 nitrogen and oxygen atoms in total. The summed E-state index contributed by atoms with van der Waals surface area (Å²) in [5.41, 5.74) is -0.261. The molecule has 82 valence electrons. The predicted molar refractivity (Wildman–Crippen MR) is 64.5 cm³/mol. The number of carboxylic acid groups (broad SMARTS) is 1. The van der Waals surface area contributed by atoms with Crippen LogP contribution in [0.25, 0.3) is 0 Å². The number of carbonyl (C=O) groups is 1. The monoisotopic (exact) mass is 366 g/mol. The van der Waals surface area contributed by atoms with E-state index in [1.807, 2.05) is 13.8 Å². The highest BCUT2D eigenvalue weighted by molar-refractivity contribution is 9.13. The van der Waals surface area contributed by atoms with E-state index in [1.54, 1.807) is 0 Å². The van der Waals surface area contributed by atoms with E-state index in [0.29, 0.717) is 0 Å². The topological polar surface area (TPSA) is 37.3 Å². The van der Waals surface area contributed by atoms with Crippen LogP contribution >= 0.6 is 55.1 Å². The van der Waals surface area contributed by atoms with Crippen LogP contribution in [-0.4, -0.2) is 19.1 Å². The van der Waals surface area contributed by atoms with E-state index in [4.69, 9.17) is 28.3 Å². The van der Waals surface area contributed by atoms with Gasteiger partial charge in [-0.05, 0) is 27.3 Å². The molecule has 1 aliphatic rings. The normalized spacial score (nSPS) is 32.4. The molecule has 0 aromatic carbocycles. The molecule has 0 saturated heterocycles. The van der Waals surface area contributed by atoms with Crippen LogP contribution in [0.2, 0.25) is 0 Å². The number of carboxylic acids is 1. The van der Waals surface area contributed by atoms with Crippen LogP contribution in [0.5, 0.6) is 0 Å². The van der Waals surface area contributed by atoms with Crippen molar-refractivity contribution in [2.75, 3.05) is 0 Å². The lowest BCUT2D eigenvalue weighted by molar-refractivity contribution is -0.139. The molecule has 3 atom stereocenters. The van der Waals surface area contributed by atoms with Crippen molar-refractivity contribution in [1.29, 1.82) is 0 Å². The fourth-order valence-corrected chi connectivity index (χ4v) is 3.44. The van der Waals surface area contributed by atoms with Gasteiger partial charge in [-0.3, -0.25) is 4.79 Å². The zero-order valence-corrected chi connectivity index (χ0v) is 12.3. The first-order chi connectivity index (χ1) is 6.10. The quantitative estimate of drug-likeness (QED) is 0.772. The van der Waals surface area contributed by atoms with Gasteiger partial charge in [-0.2, -0.15) is 0 Å². The van der Waals surface area contributed by atoms with Gasteiger partial charge in [0.2, 0.25) is 0 Å². The first-order valence-corrected chi connectivity index (χ1v) is 6.50. The van der Waals surface area contributed by atoms with E-state index in [-0.39, 0.29) is 22.1 Å². The molecule has 1 aliphatic carbocycles. The molecule has 0 spiro atoms. The van der Waals surface area contributed by atoms with E-state index in [9.17, 15) is 4.79 Å². The molecule has 1 fully saturated rings. The Morgan fingerprint density at radius 1 is 1.57 bits per heavy atom. The molecular weight excluding hydrogens is 359 g/mol. The highest BCUT2D eigenvalue weighted by Gasteiger charge is 2.67. The minimum atomic E-state index is -1.13. The largest absolute Gasteiger partial charge is 0.481 e. The zero-order valence-electron chi connectivity index (χ0n) is 7.60. The van der Waals surface area contributed by atoms with Crippen LogP contribution in [0.1, 0.15) is 13.8 Å². The Bertz CT molecular complexity index is 263. The lowest BCUT2D eigenvalue weighted by Gasteiger charge is -2.19. The molecule has 1 N–H and O–H groups in total. The third kappa shape index (κ3) is 2.23. The van der Waals surface area contributed by atoms with Crippen molar-refractivity contribution in [1.82, 2.24) is 0 Å². The number of hydrogen-bond donors (Lipinski definition) is 1. The Kier molecular flexibility index (Phi) is 3.54. The summed E-state index contributed by atoms with van der Waals surface area (Å²) < 4.78 is -1.13. The summed E-state index contributed by atoms with van der Waals surface area (Å²) in [7, 11) is 0. The fourth-order valence-electron chi connectivity index (χ4n) is 1.90. The molecule has 0 aliphatic heterocycles. The van der Waals surface area contributed by atoms with E-state index in [1.165, 1.54) is 0 Å². The molecule has 1 unspecified atom stereocenters. The summed E-state index contributed by atoms with van der Waals surface area (Å²) in [5, 5.41) is 8.95. The van der Waals surface area contributed by atoms with Crippen molar-refractivity contribution in [2.24, 2.45) is 17.3 Å². The van der Waals surface area contributed by atoms with Gasteiger partial charge in [-0.25, -0.2) is 0 Å². The van der Waals surface area contributed by atoms with E-state index in [0.717, 1.165) is 0 Å². The van der Waals surface area contributed by atoms with Gasteiger partial charge in [0.1, 0.15) is 0 Å². The molecule has 0 heterocycles. The maximum atomic E-state index is 10.9. The van der Waals surface area contributed by atoms with Gasteiger partial charge in [-0.15, -0.1) is 0 Å². The SMILES string of the molecule is CC1(C)[C@H](C(=O)O)[C@H]1C(Br)C(Cl)(Cl)Br. The van der Waals surface area contributed by atoms with Crippen molar-refractivity contribution in [3.63, 3.8) is 0 Å². The fraction of sp³-hybridized carbons (Fsp3) is 0.875. The highest BCUT2D eigenvalue weighted by Crippen LogP contribution is 2.64. The molecule has 1 saturated carbocycles. The van der Waals surface area contributed by atoms with Gasteiger partial charge in [0, 0.05) is 0 Å². The molecule has 0 radical (unpaired) electrons. The number of rotatable bonds is 3. The van der Waals surface area contributed by atoms with Crippen LogP contribution in [0.3, 0.4) is 0 Å². The lowest BCUT2D eigenvalue weighted by Crippen LogP contribution is -2.23. The van der Waals surface area contributed by atoms with Crippen molar-refractivity contribution in [3.8, 4) is 0 Å². The molecule has 14 heavy (non-hydrogen) atoms. The number of halogens is 4. The Morgan fingerprint density at radius 2 is 2.00 bits per heavy atom. The van der Waals surface area contributed by atoms with E-state index in [2.05, 4.69) is 31.9 Å². The standard InChI is InChI=1S/C8H10Br2Cl2O2/c1-7(2)3(4(7)6(13)14)5(9)8(10,11)12/h3-5H,1-2H3,(H,13,14)/t3-,4-,5?/m0/s1. The minimum absolute atomic E-state index is 0.0608. The average Bonchev–Trinajstić information content (AvgIpc) is 2.49. The van der Waals surface area contributed by atoms with E-state index >= 15 is 0 Å². The first kappa shape index (κ1) is 13.1. The Morgan fingerprint density at radius 3 is 2.21 bits per heavy atom. The second-order valence-electron chi connectivity index (χ2n) is 4.11. The van der Waals surface area contributed by atoms with Gasteiger partial charge in [-0.1, -0.05) is 53.0 Å². The number of alkyl halides is 4. The third-order valence-electron chi connectivity index (χ3n) is 2.80. The maximum absolute atomic E-state index is 10.9. The molecule has 0 aromatic rings. The van der Waals surface area contributed by atoms with Gasteiger partial charge < -0.3 is 5.11 Å². The van der Waals surface area contributed by atoms with Crippen molar-refractivity contribution < 1.29 is 9.90 Å². The Hall–Kier alpha value is 1.01. The van der Waals surface area contributed by atoms with E-state index < -0.39 is 9.21 Å². The third-order valence-corrected chi connectivity index (χ3v) is 6.17. The van der Waals surface area contributed by atoms with Crippen molar-refractivity contribution in [3.05, 3.63) is 0 Å². The van der Waals surface area contributed by atoms with Gasteiger partial charge in [0.15, 0.2) is 3.24 Å². The second kappa shape index (κ2) is 3.79. The summed E-state index contributed by atoms with van der Waals surface area (Å²) in [4.78, 5) is 10.6. The van der Waals surface area contributed by atoms with Crippen LogP contribution in [0.15, 0.2) is 0 Å². The summed E-state index contributed by atoms with van der Waals surface area (Å²) in [6.07, 6.45) is 0. The summed E-state index contributed by atoms with van der Waals surface area (Å²) >= 11 is 18.2. The Balaban J connectivity index is 2.79. The summed E-state index contributed by atoms with van der Waals surface area (Å²) in [5.74, 6) is -1.25. The maximum Gasteiger partial charge on any atom is 0.307 e. The number of aliphatic carboxylic acids is 1. The van der Waals surface area contributed by atoms with Crippen LogP contribution in [0.4, 0.5) is 0 Å². The summed E-state index contributed by atoms with van der Waals surface area (Å²) in [6.45, 7) is 3.80. The Labute approximate surface area is 110 Å². The molecule has 1 rings (SSSR count). The van der Waals surface area contributed by atoms with Crippen LogP contribution < -0.4 is 0 Å². The lowest BCUT2D eigenvalue weighted by atomic mass is 10.1. The zero-order chi connectivity index (χ0) is 11.3. The van der Waals surface area contributed by atoms with Gasteiger partial charge in [0.25, 0.3) is 0 Å². The van der Waals surface area contributed by atoms with Crippen molar-refractivity contribution >= 4 is 61.0 Å². The molecule has 6 heteroatoms. The first-order valence-electron chi connectivity index (χ1n) is 4.03. The molecule has 0 aromatic heterocycles. The molecule has 0 amide bonds. The highest BCUT2D eigenvalue weighted by atomic mass is 79.9. The average molecular weight is 369 g/mol. The van der Waals surface area contributed by atoms with Gasteiger partial charge >= 0.3 is 5.97 Å². The second-order valence-corrected chi connectivity index (χ2v) is 8.64. The number of hydrogen-bond acceptors (Lipinski definition) is 1. The van der Waals surface area contributed by atoms with Gasteiger partial charge in [0.05, 0.1) is 10.7 Å². The van der Waals surface area contributed by atoms with Crippen LogP contribution in [-0.2, 0) is 4.79 Å². The molecule has 0 bridgehead atoms. The van der Waals surface area contributed by atoms with Crippen molar-refractivity contribution in [2.45, 2.75) is 21.9 Å². The predicted octanol–water partition coefficient (Wildman–Crippen LogP) is 3.63.